The van der Waals surface area contributed by atoms with Crippen molar-refractivity contribution >= 4 is 10.9 Å². The summed E-state index contributed by atoms with van der Waals surface area (Å²) in [7, 11) is 1.61. The molecule has 0 saturated carbocycles. The van der Waals surface area contributed by atoms with Gasteiger partial charge in [0.15, 0.2) is 5.43 Å². The first kappa shape index (κ1) is 11.3. The van der Waals surface area contributed by atoms with Crippen molar-refractivity contribution < 1.29 is 9.47 Å². The van der Waals surface area contributed by atoms with Crippen molar-refractivity contribution in [2.45, 2.75) is 20.0 Å². The van der Waals surface area contributed by atoms with Gasteiger partial charge in [0.2, 0.25) is 0 Å². The number of aromatic nitrogens is 1. The number of rotatable bonds is 1. The third kappa shape index (κ3) is 1.61. The largest absolute Gasteiger partial charge is 0.497 e. The second-order valence-corrected chi connectivity index (χ2v) is 4.58. The molecule has 1 aromatic carbocycles. The standard InChI is InChI=1S/C14H15NO3/c1-8-5-9(17-2)6-10-13(8)15-12-3-4-18-7-11(12)14(10)16/h5-6H,3-4,7H2,1-2H3,(H,15,16). The number of fused-ring (bicyclic) bond motifs is 2. The number of hydrogen-bond donors (Lipinski definition) is 1. The smallest absolute Gasteiger partial charge is 0.195 e. The SMILES string of the molecule is COc1cc(C)c2[nH]c3c(c(=O)c2c1)COCC3. The fourth-order valence-corrected chi connectivity index (χ4v) is 2.46. The summed E-state index contributed by atoms with van der Waals surface area (Å²) in [4.78, 5) is 15.8. The lowest BCUT2D eigenvalue weighted by Gasteiger charge is -2.17. The Labute approximate surface area is 105 Å². The Hall–Kier alpha value is -1.81. The van der Waals surface area contributed by atoms with Crippen molar-refractivity contribution in [2.75, 3.05) is 13.7 Å². The maximum atomic E-state index is 12.4. The molecular weight excluding hydrogens is 230 g/mol. The molecule has 0 unspecified atom stereocenters. The summed E-state index contributed by atoms with van der Waals surface area (Å²) in [6.45, 7) is 3.05. The van der Waals surface area contributed by atoms with Gasteiger partial charge in [-0.1, -0.05) is 0 Å². The monoisotopic (exact) mass is 245 g/mol. The Balaban J connectivity index is 2.39. The van der Waals surface area contributed by atoms with E-state index in [1.54, 1.807) is 13.2 Å². The lowest BCUT2D eigenvalue weighted by Crippen LogP contribution is -2.22. The third-order valence-electron chi connectivity index (χ3n) is 3.45. The fraction of sp³-hybridized carbons (Fsp3) is 0.357. The summed E-state index contributed by atoms with van der Waals surface area (Å²) in [5.74, 6) is 0.710. The van der Waals surface area contributed by atoms with Crippen LogP contribution in [0, 0.1) is 6.92 Å². The van der Waals surface area contributed by atoms with Crippen LogP contribution >= 0.6 is 0 Å². The number of ether oxygens (including phenoxy) is 2. The molecule has 2 aromatic rings. The van der Waals surface area contributed by atoms with E-state index in [1.807, 2.05) is 13.0 Å². The second-order valence-electron chi connectivity index (χ2n) is 4.58. The molecule has 94 valence electrons. The van der Waals surface area contributed by atoms with Crippen molar-refractivity contribution in [3.8, 4) is 5.75 Å². The molecule has 2 heterocycles. The topological polar surface area (TPSA) is 51.3 Å². The number of H-pyrrole nitrogens is 1. The van der Waals surface area contributed by atoms with Crippen molar-refractivity contribution in [1.29, 1.82) is 0 Å². The lowest BCUT2D eigenvalue weighted by molar-refractivity contribution is 0.108. The summed E-state index contributed by atoms with van der Waals surface area (Å²) in [5.41, 5.74) is 3.74. The molecule has 18 heavy (non-hydrogen) atoms. The Morgan fingerprint density at radius 1 is 1.39 bits per heavy atom. The number of pyridine rings is 1. The summed E-state index contributed by atoms with van der Waals surface area (Å²) in [6.07, 6.45) is 0.770. The minimum atomic E-state index is 0.0560. The number of aromatic amines is 1. The Kier molecular flexibility index (Phi) is 2.59. The summed E-state index contributed by atoms with van der Waals surface area (Å²) < 4.78 is 10.6. The van der Waals surface area contributed by atoms with Crippen LogP contribution < -0.4 is 10.2 Å². The van der Waals surface area contributed by atoms with E-state index in [0.29, 0.717) is 24.3 Å². The van der Waals surface area contributed by atoms with E-state index in [4.69, 9.17) is 9.47 Å². The Morgan fingerprint density at radius 3 is 3.00 bits per heavy atom. The van der Waals surface area contributed by atoms with Crippen LogP contribution in [0.5, 0.6) is 5.75 Å². The first-order valence-electron chi connectivity index (χ1n) is 6.01. The van der Waals surface area contributed by atoms with Gasteiger partial charge in [-0.05, 0) is 24.6 Å². The molecule has 0 atom stereocenters. The molecule has 1 aromatic heterocycles. The van der Waals surface area contributed by atoms with Crippen molar-refractivity contribution in [2.24, 2.45) is 0 Å². The van der Waals surface area contributed by atoms with Crippen LogP contribution in [0.3, 0.4) is 0 Å². The van der Waals surface area contributed by atoms with Crippen molar-refractivity contribution in [3.63, 3.8) is 0 Å². The lowest BCUT2D eigenvalue weighted by atomic mass is 10.0. The van der Waals surface area contributed by atoms with E-state index in [1.165, 1.54) is 0 Å². The van der Waals surface area contributed by atoms with Gasteiger partial charge >= 0.3 is 0 Å². The van der Waals surface area contributed by atoms with E-state index in [9.17, 15) is 4.79 Å². The maximum absolute atomic E-state index is 12.4. The van der Waals surface area contributed by atoms with Crippen LogP contribution in [0.25, 0.3) is 10.9 Å². The number of nitrogens with one attached hydrogen (secondary N) is 1. The van der Waals surface area contributed by atoms with Crippen molar-refractivity contribution in [3.05, 3.63) is 39.2 Å². The highest BCUT2D eigenvalue weighted by atomic mass is 16.5. The van der Waals surface area contributed by atoms with Gasteiger partial charge in [-0.3, -0.25) is 4.79 Å². The van der Waals surface area contributed by atoms with Crippen LogP contribution in [-0.2, 0) is 17.8 Å². The van der Waals surface area contributed by atoms with Gasteiger partial charge in [-0.25, -0.2) is 0 Å². The second kappa shape index (κ2) is 4.14. The average Bonchev–Trinajstić information content (AvgIpc) is 2.40. The summed E-state index contributed by atoms with van der Waals surface area (Å²) in [5, 5.41) is 0.677. The van der Waals surface area contributed by atoms with Gasteiger partial charge in [-0.2, -0.15) is 0 Å². The maximum Gasteiger partial charge on any atom is 0.195 e. The number of methoxy groups -OCH3 is 1. The zero-order chi connectivity index (χ0) is 12.7. The predicted molar refractivity (Wildman–Crippen MR) is 69.2 cm³/mol. The first-order chi connectivity index (χ1) is 8.70. The number of benzene rings is 1. The zero-order valence-electron chi connectivity index (χ0n) is 10.5. The predicted octanol–water partition coefficient (Wildman–Crippen LogP) is 1.92. The van der Waals surface area contributed by atoms with Crippen molar-refractivity contribution in [1.82, 2.24) is 4.98 Å². The molecular formula is C14H15NO3. The zero-order valence-corrected chi connectivity index (χ0v) is 10.5. The van der Waals surface area contributed by atoms with Gasteiger partial charge < -0.3 is 14.5 Å². The molecule has 0 bridgehead atoms. The molecule has 0 fully saturated rings. The summed E-state index contributed by atoms with van der Waals surface area (Å²) >= 11 is 0. The molecule has 0 radical (unpaired) electrons. The third-order valence-corrected chi connectivity index (χ3v) is 3.45. The molecule has 3 rings (SSSR count). The van der Waals surface area contributed by atoms with E-state index in [0.717, 1.165) is 28.8 Å². The first-order valence-corrected chi connectivity index (χ1v) is 6.01. The van der Waals surface area contributed by atoms with Crippen LogP contribution in [0.2, 0.25) is 0 Å². The van der Waals surface area contributed by atoms with Crippen LogP contribution in [0.15, 0.2) is 16.9 Å². The average molecular weight is 245 g/mol. The van der Waals surface area contributed by atoms with E-state index >= 15 is 0 Å². The van der Waals surface area contributed by atoms with Gasteiger partial charge in [0.25, 0.3) is 0 Å². The fourth-order valence-electron chi connectivity index (χ4n) is 2.46. The van der Waals surface area contributed by atoms with E-state index in [-0.39, 0.29) is 5.43 Å². The molecule has 1 aliphatic heterocycles. The highest BCUT2D eigenvalue weighted by Crippen LogP contribution is 2.24. The van der Waals surface area contributed by atoms with Crippen LogP contribution in [-0.4, -0.2) is 18.7 Å². The minimum absolute atomic E-state index is 0.0560. The molecule has 4 heteroatoms. The number of aryl methyl sites for hydroxylation is 1. The molecule has 0 aliphatic carbocycles. The van der Waals surface area contributed by atoms with Gasteiger partial charge in [0.05, 0.1) is 25.8 Å². The van der Waals surface area contributed by atoms with Crippen LogP contribution in [0.1, 0.15) is 16.8 Å². The normalized spacial score (nSPS) is 14.6. The van der Waals surface area contributed by atoms with Gasteiger partial charge in [0.1, 0.15) is 5.75 Å². The molecule has 1 N–H and O–H groups in total. The highest BCUT2D eigenvalue weighted by molar-refractivity contribution is 5.84. The van der Waals surface area contributed by atoms with Gasteiger partial charge in [0, 0.05) is 23.1 Å². The molecule has 0 saturated heterocycles. The summed E-state index contributed by atoms with van der Waals surface area (Å²) in [6, 6.07) is 3.72. The van der Waals surface area contributed by atoms with E-state index < -0.39 is 0 Å². The van der Waals surface area contributed by atoms with E-state index in [2.05, 4.69) is 4.98 Å². The molecule has 1 aliphatic rings. The molecule has 0 amide bonds. The van der Waals surface area contributed by atoms with Crippen LogP contribution in [0.4, 0.5) is 0 Å². The quantitative estimate of drug-likeness (QED) is 0.835. The number of hydrogen-bond acceptors (Lipinski definition) is 3. The Bertz CT molecular complexity index is 673. The molecule has 0 spiro atoms. The molecule has 4 nitrogen and oxygen atoms in total. The Morgan fingerprint density at radius 2 is 2.22 bits per heavy atom. The minimum Gasteiger partial charge on any atom is -0.497 e. The van der Waals surface area contributed by atoms with Gasteiger partial charge in [-0.15, -0.1) is 0 Å². The highest BCUT2D eigenvalue weighted by Gasteiger charge is 2.17.